The van der Waals surface area contributed by atoms with Gasteiger partial charge in [-0.2, -0.15) is 0 Å². The van der Waals surface area contributed by atoms with Crippen molar-refractivity contribution < 1.29 is 14.4 Å². The van der Waals surface area contributed by atoms with Gasteiger partial charge in [-0.15, -0.1) is 0 Å². The Morgan fingerprint density at radius 1 is 1.10 bits per heavy atom. The standard InChI is InChI=1S/C25H31N3O3/c1-15-9-10-20(12-16(15)2)28-18(4)13-21(19(28)5)22(29)14-27-23(30)25(26-24(27)31)11-7-6-8-17(25)3/h9-10,12-13,17H,6-8,11,14H2,1-5H3,(H,26,31)/t17-,25-/m1/s1. The number of aromatic nitrogens is 1. The summed E-state index contributed by atoms with van der Waals surface area (Å²) >= 11 is 0. The molecule has 0 radical (unpaired) electrons. The maximum Gasteiger partial charge on any atom is 0.325 e. The Balaban J connectivity index is 1.60. The van der Waals surface area contributed by atoms with Gasteiger partial charge in [0, 0.05) is 22.6 Å². The Bertz CT molecular complexity index is 1080. The van der Waals surface area contributed by atoms with Crippen molar-refractivity contribution in [2.75, 3.05) is 6.54 Å². The molecule has 2 atom stereocenters. The molecule has 0 unspecified atom stereocenters. The lowest BCUT2D eigenvalue weighted by molar-refractivity contribution is -0.133. The fourth-order valence-electron chi connectivity index (χ4n) is 5.17. The molecule has 164 valence electrons. The molecule has 2 aromatic rings. The van der Waals surface area contributed by atoms with Gasteiger partial charge in [0.25, 0.3) is 5.91 Å². The number of hydrogen-bond donors (Lipinski definition) is 1. The summed E-state index contributed by atoms with van der Waals surface area (Å²) in [7, 11) is 0. The Kier molecular flexibility index (Phi) is 5.28. The summed E-state index contributed by atoms with van der Waals surface area (Å²) in [6.45, 7) is 9.80. The minimum atomic E-state index is -0.841. The number of imide groups is 1. The normalized spacial score (nSPS) is 23.5. The lowest BCUT2D eigenvalue weighted by Gasteiger charge is -2.36. The van der Waals surface area contributed by atoms with Crippen LogP contribution in [0.4, 0.5) is 4.79 Å². The Labute approximate surface area is 183 Å². The van der Waals surface area contributed by atoms with Crippen molar-refractivity contribution in [2.24, 2.45) is 5.92 Å². The lowest BCUT2D eigenvalue weighted by Crippen LogP contribution is -2.54. The highest BCUT2D eigenvalue weighted by Crippen LogP contribution is 2.38. The Morgan fingerprint density at radius 3 is 2.52 bits per heavy atom. The molecule has 1 aromatic heterocycles. The topological polar surface area (TPSA) is 71.4 Å². The number of nitrogens with one attached hydrogen (secondary N) is 1. The molecule has 3 amide bonds. The van der Waals surface area contributed by atoms with E-state index in [1.807, 2.05) is 32.9 Å². The number of amides is 3. The second kappa shape index (κ2) is 7.66. The summed E-state index contributed by atoms with van der Waals surface area (Å²) in [6.07, 6.45) is 3.53. The summed E-state index contributed by atoms with van der Waals surface area (Å²) in [5.41, 5.74) is 4.87. The molecular weight excluding hydrogens is 390 g/mol. The highest BCUT2D eigenvalue weighted by Gasteiger charge is 2.55. The molecule has 1 aliphatic heterocycles. The zero-order chi connectivity index (χ0) is 22.5. The fraction of sp³-hybridized carbons (Fsp3) is 0.480. The molecule has 2 fully saturated rings. The number of carbonyl (C=O) groups excluding carboxylic acids is 3. The van der Waals surface area contributed by atoms with Crippen LogP contribution in [0.2, 0.25) is 0 Å². The molecule has 1 aromatic carbocycles. The molecule has 1 spiro atoms. The minimum absolute atomic E-state index is 0.0765. The third kappa shape index (κ3) is 3.38. The van der Waals surface area contributed by atoms with E-state index >= 15 is 0 Å². The van der Waals surface area contributed by atoms with E-state index in [1.165, 1.54) is 11.1 Å². The van der Waals surface area contributed by atoms with E-state index < -0.39 is 11.6 Å². The number of nitrogens with zero attached hydrogens (tertiary/aromatic N) is 2. The van der Waals surface area contributed by atoms with Crippen LogP contribution in [-0.4, -0.2) is 39.3 Å². The third-order valence-electron chi connectivity index (χ3n) is 7.28. The maximum atomic E-state index is 13.2. The van der Waals surface area contributed by atoms with Gasteiger partial charge < -0.3 is 9.88 Å². The average Bonchev–Trinajstić information content (AvgIpc) is 3.15. The Hall–Kier alpha value is -2.89. The second-order valence-electron chi connectivity index (χ2n) is 9.25. The van der Waals surface area contributed by atoms with Gasteiger partial charge in [-0.3, -0.25) is 14.5 Å². The summed E-state index contributed by atoms with van der Waals surface area (Å²) in [6, 6.07) is 7.63. The second-order valence-corrected chi connectivity index (χ2v) is 9.25. The van der Waals surface area contributed by atoms with Crippen LogP contribution in [0, 0.1) is 33.6 Å². The molecule has 6 heteroatoms. The van der Waals surface area contributed by atoms with E-state index in [0.29, 0.717) is 12.0 Å². The van der Waals surface area contributed by atoms with Gasteiger partial charge in [0.15, 0.2) is 5.78 Å². The van der Waals surface area contributed by atoms with E-state index in [9.17, 15) is 14.4 Å². The molecule has 31 heavy (non-hydrogen) atoms. The van der Waals surface area contributed by atoms with Gasteiger partial charge in [-0.1, -0.05) is 25.8 Å². The van der Waals surface area contributed by atoms with Gasteiger partial charge in [-0.05, 0) is 75.8 Å². The van der Waals surface area contributed by atoms with Crippen molar-refractivity contribution in [2.45, 2.75) is 65.8 Å². The predicted molar refractivity (Wildman–Crippen MR) is 120 cm³/mol. The molecule has 2 aliphatic rings. The first-order valence-electron chi connectivity index (χ1n) is 11.1. The fourth-order valence-corrected chi connectivity index (χ4v) is 5.17. The number of Topliss-reactive ketones (excluding diaryl/α,β-unsaturated/α-hetero) is 1. The number of benzene rings is 1. The van der Waals surface area contributed by atoms with Gasteiger partial charge in [0.1, 0.15) is 5.54 Å². The van der Waals surface area contributed by atoms with Gasteiger partial charge in [0.2, 0.25) is 0 Å². The molecule has 0 bridgehead atoms. The highest BCUT2D eigenvalue weighted by atomic mass is 16.2. The first kappa shape index (κ1) is 21.3. The summed E-state index contributed by atoms with van der Waals surface area (Å²) in [4.78, 5) is 40.2. The van der Waals surface area contributed by atoms with Crippen LogP contribution in [0.3, 0.4) is 0 Å². The van der Waals surface area contributed by atoms with Crippen molar-refractivity contribution in [3.8, 4) is 5.69 Å². The lowest BCUT2D eigenvalue weighted by atomic mass is 9.73. The molecule has 1 aliphatic carbocycles. The summed E-state index contributed by atoms with van der Waals surface area (Å²) < 4.78 is 2.05. The monoisotopic (exact) mass is 421 g/mol. The van der Waals surface area contributed by atoms with E-state index in [2.05, 4.69) is 35.9 Å². The average molecular weight is 422 g/mol. The van der Waals surface area contributed by atoms with Crippen molar-refractivity contribution >= 4 is 17.7 Å². The molecule has 2 heterocycles. The SMILES string of the molecule is Cc1ccc(-n2c(C)cc(C(=O)CN3C(=O)N[C@@]4(CCCC[C@H]4C)C3=O)c2C)cc1C. The zero-order valence-electron chi connectivity index (χ0n) is 19.0. The van der Waals surface area contributed by atoms with Crippen LogP contribution in [0.5, 0.6) is 0 Å². The highest BCUT2D eigenvalue weighted by molar-refractivity contribution is 6.11. The third-order valence-corrected chi connectivity index (χ3v) is 7.28. The first-order valence-corrected chi connectivity index (χ1v) is 11.1. The smallest absolute Gasteiger partial charge is 0.323 e. The van der Waals surface area contributed by atoms with Gasteiger partial charge in [-0.25, -0.2) is 4.79 Å². The van der Waals surface area contributed by atoms with Crippen molar-refractivity contribution in [3.63, 3.8) is 0 Å². The number of ketones is 1. The quantitative estimate of drug-likeness (QED) is 0.588. The molecule has 1 N–H and O–H groups in total. The first-order chi connectivity index (χ1) is 14.7. The molecule has 6 nitrogen and oxygen atoms in total. The van der Waals surface area contributed by atoms with Crippen LogP contribution < -0.4 is 5.32 Å². The van der Waals surface area contributed by atoms with E-state index in [-0.39, 0.29) is 24.2 Å². The van der Waals surface area contributed by atoms with Crippen LogP contribution in [-0.2, 0) is 4.79 Å². The summed E-state index contributed by atoms with van der Waals surface area (Å²) in [5, 5.41) is 2.92. The number of hydrogen-bond acceptors (Lipinski definition) is 3. The van der Waals surface area contributed by atoms with Crippen LogP contribution in [0.15, 0.2) is 24.3 Å². The molecular formula is C25H31N3O3. The molecule has 1 saturated carbocycles. The molecule has 4 rings (SSSR count). The minimum Gasteiger partial charge on any atom is -0.323 e. The predicted octanol–water partition coefficient (Wildman–Crippen LogP) is 4.39. The zero-order valence-corrected chi connectivity index (χ0v) is 19.0. The largest absolute Gasteiger partial charge is 0.325 e. The van der Waals surface area contributed by atoms with Crippen LogP contribution >= 0.6 is 0 Å². The van der Waals surface area contributed by atoms with Crippen LogP contribution in [0.25, 0.3) is 5.69 Å². The van der Waals surface area contributed by atoms with Gasteiger partial charge in [0.05, 0.1) is 6.54 Å². The number of rotatable bonds is 4. The van der Waals surface area contributed by atoms with E-state index in [0.717, 1.165) is 41.2 Å². The Morgan fingerprint density at radius 2 is 1.84 bits per heavy atom. The van der Waals surface area contributed by atoms with E-state index in [4.69, 9.17) is 0 Å². The number of aryl methyl sites for hydroxylation is 3. The van der Waals surface area contributed by atoms with Crippen LogP contribution in [0.1, 0.15) is 65.5 Å². The van der Waals surface area contributed by atoms with E-state index in [1.54, 1.807) is 0 Å². The number of carbonyl (C=O) groups is 3. The summed E-state index contributed by atoms with van der Waals surface area (Å²) in [5.74, 6) is -0.388. The number of urea groups is 1. The molecule has 1 saturated heterocycles. The van der Waals surface area contributed by atoms with Crippen molar-refractivity contribution in [3.05, 3.63) is 52.3 Å². The van der Waals surface area contributed by atoms with Crippen molar-refractivity contribution in [1.29, 1.82) is 0 Å². The maximum absolute atomic E-state index is 13.2. The van der Waals surface area contributed by atoms with Crippen molar-refractivity contribution in [1.82, 2.24) is 14.8 Å². The van der Waals surface area contributed by atoms with Gasteiger partial charge >= 0.3 is 6.03 Å².